The van der Waals surface area contributed by atoms with E-state index in [1.165, 1.54) is 4.68 Å². The van der Waals surface area contributed by atoms with Crippen LogP contribution in [-0.4, -0.2) is 33.3 Å². The third-order valence-corrected chi connectivity index (χ3v) is 3.80. The average Bonchev–Trinajstić information content (AvgIpc) is 2.87. The Kier molecular flexibility index (Phi) is 4.75. The number of amides is 1. The van der Waals surface area contributed by atoms with E-state index in [9.17, 15) is 9.59 Å². The highest BCUT2D eigenvalue weighted by molar-refractivity contribution is 6.33. The molecule has 0 saturated heterocycles. The van der Waals surface area contributed by atoms with Gasteiger partial charge in [0.05, 0.1) is 16.0 Å². The highest BCUT2D eigenvalue weighted by Crippen LogP contribution is 2.29. The van der Waals surface area contributed by atoms with E-state index in [-0.39, 0.29) is 12.5 Å². The smallest absolute Gasteiger partial charge is 0.310 e. The first kappa shape index (κ1) is 17.0. The standard InChI is InChI=1S/C16H18ClN3O3/c1-16(2,15(22)23)9-18-14(21)11-8-20(3)19-13(11)10-6-4-5-7-12(10)17/h4-8H,9H2,1-3H3,(H,18,21)(H,22,23). The lowest BCUT2D eigenvalue weighted by atomic mass is 9.94. The predicted octanol–water partition coefficient (Wildman–Crippen LogP) is 2.58. The number of carboxylic acids is 1. The fraction of sp³-hybridized carbons (Fsp3) is 0.312. The minimum atomic E-state index is -1.05. The van der Waals surface area contributed by atoms with Gasteiger partial charge in [-0.3, -0.25) is 14.3 Å². The molecule has 2 rings (SSSR count). The summed E-state index contributed by atoms with van der Waals surface area (Å²) in [5.74, 6) is -1.36. The number of carbonyl (C=O) groups excluding carboxylic acids is 1. The summed E-state index contributed by atoms with van der Waals surface area (Å²) >= 11 is 6.18. The Balaban J connectivity index is 2.29. The SMILES string of the molecule is Cn1cc(C(=O)NCC(C)(C)C(=O)O)c(-c2ccccc2Cl)n1. The molecule has 7 heteroatoms. The van der Waals surface area contributed by atoms with Crippen LogP contribution in [0.4, 0.5) is 0 Å². The average molecular weight is 336 g/mol. The molecule has 0 saturated carbocycles. The van der Waals surface area contributed by atoms with Gasteiger partial charge in [-0.15, -0.1) is 0 Å². The monoisotopic (exact) mass is 335 g/mol. The summed E-state index contributed by atoms with van der Waals surface area (Å²) in [6.07, 6.45) is 1.59. The van der Waals surface area contributed by atoms with Gasteiger partial charge in [0.1, 0.15) is 5.69 Å². The van der Waals surface area contributed by atoms with Gasteiger partial charge in [-0.25, -0.2) is 0 Å². The first-order valence-corrected chi connectivity index (χ1v) is 7.40. The van der Waals surface area contributed by atoms with Crippen molar-refractivity contribution in [2.75, 3.05) is 6.54 Å². The number of aliphatic carboxylic acids is 1. The van der Waals surface area contributed by atoms with Crippen molar-refractivity contribution in [3.05, 3.63) is 41.0 Å². The second kappa shape index (κ2) is 6.42. The fourth-order valence-corrected chi connectivity index (χ4v) is 2.20. The van der Waals surface area contributed by atoms with Crippen LogP contribution < -0.4 is 5.32 Å². The normalized spacial score (nSPS) is 11.3. The van der Waals surface area contributed by atoms with Crippen LogP contribution in [0, 0.1) is 5.41 Å². The van der Waals surface area contributed by atoms with E-state index in [4.69, 9.17) is 16.7 Å². The van der Waals surface area contributed by atoms with E-state index < -0.39 is 11.4 Å². The Morgan fingerprint density at radius 3 is 2.61 bits per heavy atom. The van der Waals surface area contributed by atoms with Crippen molar-refractivity contribution in [2.45, 2.75) is 13.8 Å². The van der Waals surface area contributed by atoms with Crippen LogP contribution in [-0.2, 0) is 11.8 Å². The summed E-state index contributed by atoms with van der Waals surface area (Å²) < 4.78 is 1.52. The van der Waals surface area contributed by atoms with Crippen LogP contribution in [0.2, 0.25) is 5.02 Å². The van der Waals surface area contributed by atoms with E-state index in [0.29, 0.717) is 21.8 Å². The minimum Gasteiger partial charge on any atom is -0.481 e. The van der Waals surface area contributed by atoms with Gasteiger partial charge in [0, 0.05) is 25.4 Å². The molecule has 0 bridgehead atoms. The van der Waals surface area contributed by atoms with E-state index in [1.807, 2.05) is 6.07 Å². The number of carbonyl (C=O) groups is 2. The zero-order valence-electron chi connectivity index (χ0n) is 13.1. The maximum atomic E-state index is 12.4. The van der Waals surface area contributed by atoms with Gasteiger partial charge >= 0.3 is 5.97 Å². The third kappa shape index (κ3) is 3.71. The van der Waals surface area contributed by atoms with Gasteiger partial charge in [0.2, 0.25) is 0 Å². The molecule has 0 spiro atoms. The molecule has 1 amide bonds. The van der Waals surface area contributed by atoms with Crippen LogP contribution in [0.5, 0.6) is 0 Å². The van der Waals surface area contributed by atoms with Crippen LogP contribution in [0.25, 0.3) is 11.3 Å². The molecule has 2 aromatic rings. The van der Waals surface area contributed by atoms with Gasteiger partial charge < -0.3 is 10.4 Å². The number of hydrogen-bond donors (Lipinski definition) is 2. The summed E-state index contributed by atoms with van der Waals surface area (Å²) in [6, 6.07) is 7.11. The second-order valence-corrected chi connectivity index (χ2v) is 6.32. The number of aryl methyl sites for hydroxylation is 1. The number of nitrogens with zero attached hydrogens (tertiary/aromatic N) is 2. The highest BCUT2D eigenvalue weighted by atomic mass is 35.5. The van der Waals surface area contributed by atoms with Crippen LogP contribution in [0.3, 0.4) is 0 Å². The number of hydrogen-bond acceptors (Lipinski definition) is 3. The molecule has 122 valence electrons. The van der Waals surface area contributed by atoms with Crippen LogP contribution in [0.15, 0.2) is 30.5 Å². The van der Waals surface area contributed by atoms with Gasteiger partial charge in [-0.2, -0.15) is 5.10 Å². The Bertz CT molecular complexity index is 753. The lowest BCUT2D eigenvalue weighted by Gasteiger charge is -2.19. The lowest BCUT2D eigenvalue weighted by molar-refractivity contribution is -0.146. The summed E-state index contributed by atoms with van der Waals surface area (Å²) in [6.45, 7) is 3.11. The van der Waals surface area contributed by atoms with E-state index in [0.717, 1.165) is 0 Å². The van der Waals surface area contributed by atoms with Gasteiger partial charge in [-0.1, -0.05) is 29.8 Å². The number of halogens is 1. The molecule has 0 aliphatic heterocycles. The number of aromatic nitrogens is 2. The van der Waals surface area contributed by atoms with Gasteiger partial charge in [0.15, 0.2) is 0 Å². The molecule has 0 atom stereocenters. The number of rotatable bonds is 5. The summed E-state index contributed by atoms with van der Waals surface area (Å²) in [7, 11) is 1.71. The maximum Gasteiger partial charge on any atom is 0.310 e. The quantitative estimate of drug-likeness (QED) is 0.879. The molecular weight excluding hydrogens is 318 g/mol. The van der Waals surface area contributed by atoms with Crippen molar-refractivity contribution in [3.63, 3.8) is 0 Å². The van der Waals surface area contributed by atoms with Crippen molar-refractivity contribution in [3.8, 4) is 11.3 Å². The van der Waals surface area contributed by atoms with Crippen molar-refractivity contribution in [2.24, 2.45) is 12.5 Å². The molecule has 0 radical (unpaired) electrons. The molecule has 1 aromatic carbocycles. The first-order chi connectivity index (χ1) is 10.7. The predicted molar refractivity (Wildman–Crippen MR) is 87.4 cm³/mol. The zero-order chi connectivity index (χ0) is 17.2. The van der Waals surface area contributed by atoms with E-state index >= 15 is 0 Å². The molecular formula is C16H18ClN3O3. The second-order valence-electron chi connectivity index (χ2n) is 5.92. The Morgan fingerprint density at radius 1 is 1.35 bits per heavy atom. The fourth-order valence-electron chi connectivity index (χ4n) is 1.98. The Labute approximate surface area is 139 Å². The van der Waals surface area contributed by atoms with Gasteiger partial charge in [0.25, 0.3) is 5.91 Å². The molecule has 1 heterocycles. The first-order valence-electron chi connectivity index (χ1n) is 7.02. The summed E-state index contributed by atoms with van der Waals surface area (Å²) in [5, 5.41) is 16.5. The van der Waals surface area contributed by atoms with Gasteiger partial charge in [-0.05, 0) is 19.9 Å². The highest BCUT2D eigenvalue weighted by Gasteiger charge is 2.28. The molecule has 6 nitrogen and oxygen atoms in total. The maximum absolute atomic E-state index is 12.4. The Morgan fingerprint density at radius 2 is 2.00 bits per heavy atom. The largest absolute Gasteiger partial charge is 0.481 e. The number of benzene rings is 1. The number of carboxylic acid groups (broad SMARTS) is 1. The van der Waals surface area contributed by atoms with Crippen molar-refractivity contribution >= 4 is 23.5 Å². The van der Waals surface area contributed by atoms with E-state index in [1.54, 1.807) is 45.3 Å². The zero-order valence-corrected chi connectivity index (χ0v) is 13.9. The molecule has 2 N–H and O–H groups in total. The minimum absolute atomic E-state index is 0.0119. The Hall–Kier alpha value is -2.34. The van der Waals surface area contributed by atoms with Crippen molar-refractivity contribution in [1.82, 2.24) is 15.1 Å². The summed E-state index contributed by atoms with van der Waals surface area (Å²) in [5.41, 5.74) is 0.408. The molecule has 0 unspecified atom stereocenters. The molecule has 0 fully saturated rings. The molecule has 1 aromatic heterocycles. The lowest BCUT2D eigenvalue weighted by Crippen LogP contribution is -2.38. The van der Waals surface area contributed by atoms with Crippen LogP contribution in [0.1, 0.15) is 24.2 Å². The summed E-state index contributed by atoms with van der Waals surface area (Å²) in [4.78, 5) is 23.6. The molecule has 23 heavy (non-hydrogen) atoms. The molecule has 0 aliphatic rings. The topological polar surface area (TPSA) is 84.2 Å². The molecule has 0 aliphatic carbocycles. The van der Waals surface area contributed by atoms with E-state index in [2.05, 4.69) is 10.4 Å². The van der Waals surface area contributed by atoms with Crippen molar-refractivity contribution in [1.29, 1.82) is 0 Å². The third-order valence-electron chi connectivity index (χ3n) is 3.47. The number of nitrogens with one attached hydrogen (secondary N) is 1. The van der Waals surface area contributed by atoms with Crippen LogP contribution >= 0.6 is 11.6 Å². The van der Waals surface area contributed by atoms with Crippen molar-refractivity contribution < 1.29 is 14.7 Å².